The molecular formula is C25H29NO3. The van der Waals surface area contributed by atoms with Crippen LogP contribution in [-0.4, -0.2) is 18.8 Å². The lowest BCUT2D eigenvalue weighted by atomic mass is 9.80. The standard InChI is InChI=1S/C25H29NO3/c1-4-8-20-10-7-11-21(17-19-13-15-22(28-3)16-14-19)24(20)26-29-25(27)23-12-6-5-9-18(23)2/h5-6,9,12-17,20H,4,7-8,10-11H2,1-3H3/b21-17+,26-24-/t20-/m0/s1. The molecule has 0 saturated heterocycles. The Balaban J connectivity index is 1.87. The molecule has 152 valence electrons. The zero-order valence-electron chi connectivity index (χ0n) is 17.5. The van der Waals surface area contributed by atoms with Crippen LogP contribution in [-0.2, 0) is 4.84 Å². The van der Waals surface area contributed by atoms with Crippen LogP contribution in [0.15, 0.2) is 59.3 Å². The first-order chi connectivity index (χ1) is 14.1. The Morgan fingerprint density at radius 1 is 1.17 bits per heavy atom. The number of methoxy groups -OCH3 is 1. The minimum absolute atomic E-state index is 0.322. The Hall–Kier alpha value is -2.88. The van der Waals surface area contributed by atoms with Crippen molar-refractivity contribution in [2.45, 2.75) is 46.0 Å². The zero-order valence-corrected chi connectivity index (χ0v) is 17.5. The van der Waals surface area contributed by atoms with Crippen molar-refractivity contribution < 1.29 is 14.4 Å². The Morgan fingerprint density at radius 3 is 2.62 bits per heavy atom. The number of allylic oxidation sites excluding steroid dienone is 1. The highest BCUT2D eigenvalue weighted by Crippen LogP contribution is 2.31. The number of nitrogens with zero attached hydrogens (tertiary/aromatic N) is 1. The number of benzene rings is 2. The van der Waals surface area contributed by atoms with Crippen molar-refractivity contribution in [1.29, 1.82) is 0 Å². The number of ether oxygens (including phenoxy) is 1. The molecule has 0 N–H and O–H groups in total. The number of aryl methyl sites for hydroxylation is 1. The average molecular weight is 392 g/mol. The maximum absolute atomic E-state index is 12.5. The van der Waals surface area contributed by atoms with Gasteiger partial charge in [-0.2, -0.15) is 0 Å². The lowest BCUT2D eigenvalue weighted by Crippen LogP contribution is -2.23. The third kappa shape index (κ3) is 5.35. The SMILES string of the molecule is CCC[C@H]1CCCC(=C\c2ccc(OC)cc2)/C1=N\OC(=O)c1ccccc1C. The molecule has 1 saturated carbocycles. The Bertz CT molecular complexity index is 895. The van der Waals surface area contributed by atoms with E-state index in [4.69, 9.17) is 9.57 Å². The van der Waals surface area contributed by atoms with Gasteiger partial charge in [0.05, 0.1) is 18.4 Å². The summed E-state index contributed by atoms with van der Waals surface area (Å²) in [5, 5.41) is 4.39. The molecule has 1 aliphatic carbocycles. The maximum atomic E-state index is 12.5. The van der Waals surface area contributed by atoms with Crippen LogP contribution in [0.25, 0.3) is 6.08 Å². The van der Waals surface area contributed by atoms with Gasteiger partial charge in [-0.3, -0.25) is 0 Å². The Labute approximate surface area is 173 Å². The molecular weight excluding hydrogens is 362 g/mol. The van der Waals surface area contributed by atoms with E-state index in [1.807, 2.05) is 49.4 Å². The van der Waals surface area contributed by atoms with Gasteiger partial charge >= 0.3 is 5.97 Å². The normalized spacial score (nSPS) is 19.3. The van der Waals surface area contributed by atoms with Gasteiger partial charge in [0.15, 0.2) is 0 Å². The summed E-state index contributed by atoms with van der Waals surface area (Å²) in [5.41, 5.74) is 4.60. The average Bonchev–Trinajstić information content (AvgIpc) is 2.74. The van der Waals surface area contributed by atoms with Crippen LogP contribution >= 0.6 is 0 Å². The number of hydrogen-bond acceptors (Lipinski definition) is 4. The minimum atomic E-state index is -0.403. The van der Waals surface area contributed by atoms with Crippen LogP contribution in [0.1, 0.15) is 60.5 Å². The van der Waals surface area contributed by atoms with E-state index in [2.05, 4.69) is 18.2 Å². The summed E-state index contributed by atoms with van der Waals surface area (Å²) in [7, 11) is 1.66. The van der Waals surface area contributed by atoms with Crippen LogP contribution < -0.4 is 4.74 Å². The summed E-state index contributed by atoms with van der Waals surface area (Å²) in [5.74, 6) is 0.754. The lowest BCUT2D eigenvalue weighted by molar-refractivity contribution is 0.0512. The van der Waals surface area contributed by atoms with E-state index in [-0.39, 0.29) is 0 Å². The van der Waals surface area contributed by atoms with Crippen LogP contribution in [0.3, 0.4) is 0 Å². The monoisotopic (exact) mass is 391 g/mol. The molecule has 0 amide bonds. The van der Waals surface area contributed by atoms with Crippen LogP contribution in [0, 0.1) is 12.8 Å². The molecule has 2 aromatic rings. The third-order valence-electron chi connectivity index (χ3n) is 5.40. The largest absolute Gasteiger partial charge is 0.497 e. The fourth-order valence-electron chi connectivity index (χ4n) is 3.82. The van der Waals surface area contributed by atoms with E-state index < -0.39 is 5.97 Å². The molecule has 29 heavy (non-hydrogen) atoms. The number of rotatable bonds is 6. The Kier molecular flexibility index (Phi) is 7.23. The molecule has 1 aliphatic rings. The van der Waals surface area contributed by atoms with Gasteiger partial charge in [-0.15, -0.1) is 0 Å². The predicted molar refractivity (Wildman–Crippen MR) is 117 cm³/mol. The first-order valence-corrected chi connectivity index (χ1v) is 10.3. The van der Waals surface area contributed by atoms with Crippen molar-refractivity contribution in [2.75, 3.05) is 7.11 Å². The van der Waals surface area contributed by atoms with E-state index in [0.717, 1.165) is 60.3 Å². The second-order valence-corrected chi connectivity index (χ2v) is 7.49. The lowest BCUT2D eigenvalue weighted by Gasteiger charge is -2.25. The van der Waals surface area contributed by atoms with Crippen molar-refractivity contribution in [3.63, 3.8) is 0 Å². The maximum Gasteiger partial charge on any atom is 0.366 e. The molecule has 0 radical (unpaired) electrons. The van der Waals surface area contributed by atoms with E-state index in [1.54, 1.807) is 13.2 Å². The van der Waals surface area contributed by atoms with Crippen LogP contribution in [0.5, 0.6) is 5.75 Å². The fourth-order valence-corrected chi connectivity index (χ4v) is 3.82. The Morgan fingerprint density at radius 2 is 1.93 bits per heavy atom. The first kappa shape index (κ1) is 20.8. The quantitative estimate of drug-likeness (QED) is 0.435. The van der Waals surface area contributed by atoms with E-state index >= 15 is 0 Å². The minimum Gasteiger partial charge on any atom is -0.497 e. The summed E-state index contributed by atoms with van der Waals surface area (Å²) < 4.78 is 5.24. The van der Waals surface area contributed by atoms with Crippen LogP contribution in [0.4, 0.5) is 0 Å². The molecule has 3 rings (SSSR count). The predicted octanol–water partition coefficient (Wildman–Crippen LogP) is 6.20. The van der Waals surface area contributed by atoms with Crippen molar-refractivity contribution in [1.82, 2.24) is 0 Å². The van der Waals surface area contributed by atoms with Gasteiger partial charge in [0.1, 0.15) is 5.75 Å². The number of carbonyl (C=O) groups is 1. The molecule has 0 unspecified atom stereocenters. The molecule has 0 heterocycles. The number of carbonyl (C=O) groups excluding carboxylic acids is 1. The van der Waals surface area contributed by atoms with Gasteiger partial charge in [-0.05, 0) is 73.6 Å². The van der Waals surface area contributed by atoms with Crippen molar-refractivity contribution in [3.05, 3.63) is 70.8 Å². The van der Waals surface area contributed by atoms with Gasteiger partial charge < -0.3 is 9.57 Å². The molecule has 1 atom stereocenters. The number of hydrogen-bond donors (Lipinski definition) is 0. The third-order valence-corrected chi connectivity index (χ3v) is 5.40. The van der Waals surface area contributed by atoms with Gasteiger partial charge in [-0.25, -0.2) is 4.79 Å². The van der Waals surface area contributed by atoms with Crippen LogP contribution in [0.2, 0.25) is 0 Å². The summed E-state index contributed by atoms with van der Waals surface area (Å²) >= 11 is 0. The van der Waals surface area contributed by atoms with E-state index in [0.29, 0.717) is 11.5 Å². The smallest absolute Gasteiger partial charge is 0.366 e. The van der Waals surface area contributed by atoms with Gasteiger partial charge in [-0.1, -0.05) is 48.8 Å². The second kappa shape index (κ2) is 10.1. The first-order valence-electron chi connectivity index (χ1n) is 10.3. The van der Waals surface area contributed by atoms with Gasteiger partial charge in [0.2, 0.25) is 0 Å². The molecule has 4 heteroatoms. The van der Waals surface area contributed by atoms with Gasteiger partial charge in [0, 0.05) is 5.92 Å². The van der Waals surface area contributed by atoms with E-state index in [9.17, 15) is 4.79 Å². The molecule has 1 fully saturated rings. The summed E-state index contributed by atoms with van der Waals surface area (Å²) in [4.78, 5) is 18.0. The molecule has 4 nitrogen and oxygen atoms in total. The fraction of sp³-hybridized carbons (Fsp3) is 0.360. The summed E-state index contributed by atoms with van der Waals surface area (Å²) in [6.45, 7) is 4.08. The molecule has 2 aromatic carbocycles. The van der Waals surface area contributed by atoms with E-state index in [1.165, 1.54) is 0 Å². The van der Waals surface area contributed by atoms with Gasteiger partial charge in [0.25, 0.3) is 0 Å². The highest BCUT2D eigenvalue weighted by atomic mass is 16.7. The van der Waals surface area contributed by atoms with Crippen molar-refractivity contribution in [3.8, 4) is 5.75 Å². The zero-order chi connectivity index (χ0) is 20.6. The highest BCUT2D eigenvalue weighted by molar-refractivity contribution is 6.06. The molecule has 0 spiro atoms. The molecule has 0 aromatic heterocycles. The van der Waals surface area contributed by atoms with Crippen molar-refractivity contribution >= 4 is 17.8 Å². The number of oxime groups is 1. The highest BCUT2D eigenvalue weighted by Gasteiger charge is 2.25. The molecule has 0 bridgehead atoms. The summed E-state index contributed by atoms with van der Waals surface area (Å²) in [6.07, 6.45) is 7.41. The second-order valence-electron chi connectivity index (χ2n) is 7.49. The summed E-state index contributed by atoms with van der Waals surface area (Å²) in [6, 6.07) is 15.4. The van der Waals surface area contributed by atoms with Crippen molar-refractivity contribution in [2.24, 2.45) is 11.1 Å². The topological polar surface area (TPSA) is 47.9 Å². The molecule has 0 aliphatic heterocycles.